The second-order valence-electron chi connectivity index (χ2n) is 8.41. The Balaban J connectivity index is 1.49. The standard InChI is InChI=1S/C17H25N6O11PS/c1-9(2)31-16(24)29-8-30-35(26)33-11-14(34-35)32-15(17(11,3)25)23-7-20-10-12(18-6-19-13(10)23)22(4)21-36(5,27)28/h6-7,9,11,14-15,21,25H,8H2,1-5H3/t11-,14-,15-,17-,35?/m1/s1. The lowest BCUT2D eigenvalue weighted by Crippen LogP contribution is -2.42. The van der Waals surface area contributed by atoms with E-state index in [-0.39, 0.29) is 17.0 Å². The lowest BCUT2D eigenvalue weighted by atomic mass is 9.99. The van der Waals surface area contributed by atoms with Crippen LogP contribution in [0.15, 0.2) is 12.7 Å². The Morgan fingerprint density at radius 3 is 2.72 bits per heavy atom. The lowest BCUT2D eigenvalue weighted by Gasteiger charge is -2.28. The first kappa shape index (κ1) is 26.6. The van der Waals surface area contributed by atoms with Gasteiger partial charge in [-0.05, 0) is 20.8 Å². The minimum absolute atomic E-state index is 0.142. The number of nitrogens with zero attached hydrogens (tertiary/aromatic N) is 5. The third-order valence-electron chi connectivity index (χ3n) is 4.99. The van der Waals surface area contributed by atoms with Crippen LogP contribution in [0.25, 0.3) is 11.2 Å². The average Bonchev–Trinajstić information content (AvgIpc) is 3.37. The number of hydrogen-bond acceptors (Lipinski definition) is 15. The monoisotopic (exact) mass is 552 g/mol. The zero-order valence-electron chi connectivity index (χ0n) is 19.8. The highest BCUT2D eigenvalue weighted by atomic mass is 32.2. The molecule has 2 N–H and O–H groups in total. The molecule has 0 spiro atoms. The summed E-state index contributed by atoms with van der Waals surface area (Å²) in [5.41, 5.74) is -1.43. The van der Waals surface area contributed by atoms with Crippen molar-refractivity contribution in [3.05, 3.63) is 12.7 Å². The van der Waals surface area contributed by atoms with Gasteiger partial charge in [-0.15, -0.1) is 4.83 Å². The average molecular weight is 552 g/mol. The number of sulfonamides is 1. The van der Waals surface area contributed by atoms with E-state index in [1.54, 1.807) is 13.8 Å². The fraction of sp³-hybridized carbons (Fsp3) is 0.647. The second kappa shape index (κ2) is 9.46. The number of anilines is 1. The summed E-state index contributed by atoms with van der Waals surface area (Å²) in [6.45, 7) is 3.81. The molecule has 2 aromatic heterocycles. The Kier molecular flexibility index (Phi) is 6.99. The van der Waals surface area contributed by atoms with Crippen LogP contribution < -0.4 is 9.84 Å². The summed E-state index contributed by atoms with van der Waals surface area (Å²) in [5, 5.41) is 12.4. The Morgan fingerprint density at radius 1 is 1.36 bits per heavy atom. The van der Waals surface area contributed by atoms with Crippen molar-refractivity contribution >= 4 is 41.0 Å². The predicted octanol–water partition coefficient (Wildman–Crippen LogP) is 0.392. The highest BCUT2D eigenvalue weighted by Crippen LogP contribution is 2.63. The Labute approximate surface area is 205 Å². The number of imidazole rings is 1. The molecule has 0 amide bonds. The molecule has 2 aliphatic heterocycles. The molecule has 0 aromatic carbocycles. The van der Waals surface area contributed by atoms with E-state index in [0.717, 1.165) is 11.3 Å². The smallest absolute Gasteiger partial charge is 0.432 e. The number of rotatable bonds is 8. The number of ether oxygens (including phenoxy) is 3. The number of phosphoric ester groups is 1. The Hall–Kier alpha value is -2.44. The van der Waals surface area contributed by atoms with E-state index >= 15 is 0 Å². The molecule has 2 fully saturated rings. The molecule has 4 rings (SSSR count). The van der Waals surface area contributed by atoms with Crippen molar-refractivity contribution < 1.29 is 50.7 Å². The third-order valence-corrected chi connectivity index (χ3v) is 6.97. The fourth-order valence-corrected chi connectivity index (χ4v) is 5.54. The second-order valence-corrected chi connectivity index (χ2v) is 11.7. The van der Waals surface area contributed by atoms with Crippen LogP contribution in [0.5, 0.6) is 0 Å². The molecule has 19 heteroatoms. The van der Waals surface area contributed by atoms with Gasteiger partial charge in [0.2, 0.25) is 23.1 Å². The van der Waals surface area contributed by atoms with Crippen LogP contribution in [0.3, 0.4) is 0 Å². The topological polar surface area (TPSA) is 203 Å². The van der Waals surface area contributed by atoms with Crippen molar-refractivity contribution in [2.75, 3.05) is 25.1 Å². The van der Waals surface area contributed by atoms with Gasteiger partial charge in [0, 0.05) is 7.05 Å². The van der Waals surface area contributed by atoms with Crippen LogP contribution in [0.2, 0.25) is 0 Å². The molecular formula is C17H25N6O11PS. The van der Waals surface area contributed by atoms with E-state index in [1.165, 1.54) is 31.2 Å². The number of aromatic nitrogens is 4. The lowest BCUT2D eigenvalue weighted by molar-refractivity contribution is -0.129. The van der Waals surface area contributed by atoms with Gasteiger partial charge in [-0.25, -0.2) is 37.3 Å². The number of nitrogens with one attached hydrogen (secondary N) is 1. The largest absolute Gasteiger partial charge is 0.510 e. The summed E-state index contributed by atoms with van der Waals surface area (Å²) >= 11 is 0. The molecule has 2 aliphatic rings. The van der Waals surface area contributed by atoms with E-state index in [0.29, 0.717) is 0 Å². The number of carbonyl (C=O) groups excluding carboxylic acids is 1. The normalized spacial score (nSPS) is 30.0. The van der Waals surface area contributed by atoms with E-state index in [1.807, 2.05) is 0 Å². The fourth-order valence-electron chi connectivity index (χ4n) is 3.60. The predicted molar refractivity (Wildman–Crippen MR) is 118 cm³/mol. The number of fused-ring (bicyclic) bond motifs is 2. The van der Waals surface area contributed by atoms with Gasteiger partial charge in [0.1, 0.15) is 11.9 Å². The molecule has 17 nitrogen and oxygen atoms in total. The quantitative estimate of drug-likeness (QED) is 0.197. The van der Waals surface area contributed by atoms with Crippen molar-refractivity contribution in [2.24, 2.45) is 0 Å². The molecule has 2 aromatic rings. The van der Waals surface area contributed by atoms with E-state index in [4.69, 9.17) is 23.0 Å². The van der Waals surface area contributed by atoms with Gasteiger partial charge < -0.3 is 19.3 Å². The van der Waals surface area contributed by atoms with Gasteiger partial charge in [0.05, 0.1) is 18.7 Å². The maximum atomic E-state index is 12.8. The molecule has 0 saturated carbocycles. The first-order valence-electron chi connectivity index (χ1n) is 10.4. The molecular weight excluding hydrogens is 527 g/mol. The molecule has 1 unspecified atom stereocenters. The molecule has 0 bridgehead atoms. The number of aliphatic hydroxyl groups is 1. The van der Waals surface area contributed by atoms with Crippen LogP contribution >= 0.6 is 7.82 Å². The van der Waals surface area contributed by atoms with Gasteiger partial charge >= 0.3 is 14.0 Å². The summed E-state index contributed by atoms with van der Waals surface area (Å²) in [4.78, 5) is 26.1. The minimum Gasteiger partial charge on any atom is -0.432 e. The van der Waals surface area contributed by atoms with Gasteiger partial charge in [-0.3, -0.25) is 18.6 Å². The van der Waals surface area contributed by atoms with Gasteiger partial charge in [0.15, 0.2) is 29.3 Å². The first-order valence-corrected chi connectivity index (χ1v) is 13.8. The molecule has 0 aliphatic carbocycles. The molecule has 36 heavy (non-hydrogen) atoms. The van der Waals surface area contributed by atoms with Crippen molar-refractivity contribution in [3.63, 3.8) is 0 Å². The van der Waals surface area contributed by atoms with Crippen molar-refractivity contribution in [1.82, 2.24) is 24.4 Å². The summed E-state index contributed by atoms with van der Waals surface area (Å²) < 4.78 is 68.1. The number of hydrogen-bond donors (Lipinski definition) is 2. The van der Waals surface area contributed by atoms with E-state index in [9.17, 15) is 22.9 Å². The van der Waals surface area contributed by atoms with E-state index < -0.39 is 61.1 Å². The first-order chi connectivity index (χ1) is 16.7. The van der Waals surface area contributed by atoms with Crippen molar-refractivity contribution in [3.8, 4) is 0 Å². The number of phosphoric acid groups is 1. The minimum atomic E-state index is -4.25. The maximum absolute atomic E-state index is 12.8. The van der Waals surface area contributed by atoms with Crippen LogP contribution in [0.4, 0.5) is 10.6 Å². The van der Waals surface area contributed by atoms with Gasteiger partial charge in [-0.2, -0.15) is 0 Å². The summed E-state index contributed by atoms with van der Waals surface area (Å²) in [7, 11) is -6.42. The molecule has 5 atom stereocenters. The van der Waals surface area contributed by atoms with Crippen LogP contribution in [0, 0.1) is 0 Å². The zero-order valence-corrected chi connectivity index (χ0v) is 21.5. The van der Waals surface area contributed by atoms with Crippen molar-refractivity contribution in [2.45, 2.75) is 51.1 Å². The molecule has 2 saturated heterocycles. The maximum Gasteiger partial charge on any atom is 0.510 e. The molecule has 200 valence electrons. The van der Waals surface area contributed by atoms with Gasteiger partial charge in [-0.1, -0.05) is 0 Å². The number of hydrazine groups is 1. The van der Waals surface area contributed by atoms with E-state index in [2.05, 4.69) is 24.5 Å². The molecule has 0 radical (unpaired) electrons. The molecule has 4 heterocycles. The van der Waals surface area contributed by atoms with Crippen LogP contribution in [0.1, 0.15) is 27.0 Å². The summed E-state index contributed by atoms with van der Waals surface area (Å²) in [5.74, 6) is 0.142. The highest BCUT2D eigenvalue weighted by molar-refractivity contribution is 7.88. The van der Waals surface area contributed by atoms with Gasteiger partial charge in [0.25, 0.3) is 0 Å². The Bertz CT molecular complexity index is 1300. The SMILES string of the molecule is CC(C)OC(=O)OCOP1(=O)O[C@H]2O[C@@H](n3cnc4c(N(C)NS(C)(=O)=O)ncnc43)[C@](C)(O)[C@@H]2O1. The zero-order chi connectivity index (χ0) is 26.5. The summed E-state index contributed by atoms with van der Waals surface area (Å²) in [6.07, 6.45) is -1.74. The van der Waals surface area contributed by atoms with Crippen LogP contribution in [-0.4, -0.2) is 83.4 Å². The van der Waals surface area contributed by atoms with Crippen LogP contribution in [-0.2, 0) is 42.4 Å². The number of carbonyl (C=O) groups is 1. The summed E-state index contributed by atoms with van der Waals surface area (Å²) in [6, 6.07) is 0. The highest BCUT2D eigenvalue weighted by Gasteiger charge is 2.64. The van der Waals surface area contributed by atoms with Crippen molar-refractivity contribution in [1.29, 1.82) is 0 Å². The third kappa shape index (κ3) is 5.30. The Morgan fingerprint density at radius 2 is 2.08 bits per heavy atom.